The van der Waals surface area contributed by atoms with E-state index in [0.29, 0.717) is 42.2 Å². The highest BCUT2D eigenvalue weighted by molar-refractivity contribution is 7.80. The van der Waals surface area contributed by atoms with Crippen molar-refractivity contribution in [1.82, 2.24) is 9.80 Å². The Bertz CT molecular complexity index is 774. The molecule has 1 heterocycles. The first kappa shape index (κ1) is 17.5. The smallest absolute Gasteiger partial charge is 0.255 e. The standard InChI is InChI=1S/C20H22N2O2S/c1-15-7-9-16(10-8-15)19(23)21-11-4-12-22(14-13-21)20(24)17-5-2-3-6-18(17)25/h2-3,5-10,25H,4,11-14H2,1H3. The number of benzene rings is 2. The summed E-state index contributed by atoms with van der Waals surface area (Å²) in [5.41, 5.74) is 2.45. The molecule has 1 aliphatic heterocycles. The minimum Gasteiger partial charge on any atom is -0.337 e. The average molecular weight is 354 g/mol. The summed E-state index contributed by atoms with van der Waals surface area (Å²) in [4.78, 5) is 29.7. The highest BCUT2D eigenvalue weighted by Gasteiger charge is 2.24. The van der Waals surface area contributed by atoms with Gasteiger partial charge in [-0.2, -0.15) is 0 Å². The normalized spacial score (nSPS) is 15.0. The molecule has 0 radical (unpaired) electrons. The molecule has 0 bridgehead atoms. The first-order valence-corrected chi connectivity index (χ1v) is 8.94. The van der Waals surface area contributed by atoms with Crippen molar-refractivity contribution in [2.45, 2.75) is 18.2 Å². The van der Waals surface area contributed by atoms with Crippen LogP contribution in [-0.4, -0.2) is 47.8 Å². The highest BCUT2D eigenvalue weighted by Crippen LogP contribution is 2.17. The Hall–Kier alpha value is -2.27. The Morgan fingerprint density at radius 3 is 2.08 bits per heavy atom. The first-order valence-electron chi connectivity index (χ1n) is 8.49. The van der Waals surface area contributed by atoms with Crippen molar-refractivity contribution in [3.05, 3.63) is 65.2 Å². The van der Waals surface area contributed by atoms with Crippen LogP contribution in [0.4, 0.5) is 0 Å². The van der Waals surface area contributed by atoms with Gasteiger partial charge in [0, 0.05) is 36.6 Å². The van der Waals surface area contributed by atoms with E-state index in [0.717, 1.165) is 12.0 Å². The minimum absolute atomic E-state index is 0.0183. The van der Waals surface area contributed by atoms with Crippen molar-refractivity contribution in [3.63, 3.8) is 0 Å². The van der Waals surface area contributed by atoms with E-state index < -0.39 is 0 Å². The van der Waals surface area contributed by atoms with Crippen molar-refractivity contribution in [2.75, 3.05) is 26.2 Å². The predicted octanol–water partition coefficient (Wildman–Crippen LogP) is 3.27. The lowest BCUT2D eigenvalue weighted by molar-refractivity contribution is 0.0717. The predicted molar refractivity (Wildman–Crippen MR) is 101 cm³/mol. The molecule has 4 nitrogen and oxygen atoms in total. The van der Waals surface area contributed by atoms with Crippen molar-refractivity contribution in [1.29, 1.82) is 0 Å². The first-order chi connectivity index (χ1) is 12.1. The van der Waals surface area contributed by atoms with Crippen molar-refractivity contribution in [2.24, 2.45) is 0 Å². The molecule has 1 fully saturated rings. The van der Waals surface area contributed by atoms with Gasteiger partial charge in [-0.15, -0.1) is 12.6 Å². The van der Waals surface area contributed by atoms with Crippen LogP contribution in [0.3, 0.4) is 0 Å². The second kappa shape index (κ2) is 7.74. The molecular weight excluding hydrogens is 332 g/mol. The maximum Gasteiger partial charge on any atom is 0.255 e. The van der Waals surface area contributed by atoms with Gasteiger partial charge in [0.2, 0.25) is 0 Å². The maximum atomic E-state index is 12.7. The van der Waals surface area contributed by atoms with Crippen LogP contribution in [0.25, 0.3) is 0 Å². The van der Waals surface area contributed by atoms with Gasteiger partial charge in [0.05, 0.1) is 5.56 Å². The molecule has 0 N–H and O–H groups in total. The van der Waals surface area contributed by atoms with E-state index in [-0.39, 0.29) is 11.8 Å². The number of carbonyl (C=O) groups is 2. The average Bonchev–Trinajstić information content (AvgIpc) is 2.88. The zero-order chi connectivity index (χ0) is 17.8. The van der Waals surface area contributed by atoms with E-state index in [4.69, 9.17) is 0 Å². The summed E-state index contributed by atoms with van der Waals surface area (Å²) in [6.45, 7) is 4.41. The van der Waals surface area contributed by atoms with Crippen LogP contribution >= 0.6 is 12.6 Å². The van der Waals surface area contributed by atoms with Crippen LogP contribution in [0.2, 0.25) is 0 Å². The quantitative estimate of drug-likeness (QED) is 0.841. The van der Waals surface area contributed by atoms with E-state index in [1.54, 1.807) is 6.07 Å². The van der Waals surface area contributed by atoms with E-state index in [1.165, 1.54) is 0 Å². The summed E-state index contributed by atoms with van der Waals surface area (Å²) >= 11 is 4.38. The number of carbonyl (C=O) groups excluding carboxylic acids is 2. The van der Waals surface area contributed by atoms with Crippen molar-refractivity contribution in [3.8, 4) is 0 Å². The number of amides is 2. The summed E-state index contributed by atoms with van der Waals surface area (Å²) in [5.74, 6) is 0.0131. The van der Waals surface area contributed by atoms with Crippen LogP contribution < -0.4 is 0 Å². The monoisotopic (exact) mass is 354 g/mol. The number of thiol groups is 1. The molecule has 0 unspecified atom stereocenters. The van der Waals surface area contributed by atoms with Gasteiger partial charge in [0.25, 0.3) is 11.8 Å². The molecule has 3 rings (SSSR count). The lowest BCUT2D eigenvalue weighted by atomic mass is 10.1. The summed E-state index contributed by atoms with van der Waals surface area (Å²) in [7, 11) is 0. The number of aryl methyl sites for hydroxylation is 1. The molecule has 1 aliphatic rings. The highest BCUT2D eigenvalue weighted by atomic mass is 32.1. The van der Waals surface area contributed by atoms with Crippen molar-refractivity contribution >= 4 is 24.4 Å². The molecule has 1 saturated heterocycles. The van der Waals surface area contributed by atoms with Gasteiger partial charge in [-0.1, -0.05) is 29.8 Å². The van der Waals surface area contributed by atoms with Gasteiger partial charge >= 0.3 is 0 Å². The third-order valence-electron chi connectivity index (χ3n) is 4.50. The minimum atomic E-state index is -0.0183. The molecule has 0 saturated carbocycles. The van der Waals surface area contributed by atoms with Gasteiger partial charge in [-0.05, 0) is 37.6 Å². The molecule has 25 heavy (non-hydrogen) atoms. The Kier molecular flexibility index (Phi) is 5.43. The molecule has 0 spiro atoms. The van der Waals surface area contributed by atoms with E-state index >= 15 is 0 Å². The molecule has 2 amide bonds. The second-order valence-corrected chi connectivity index (χ2v) is 6.80. The van der Waals surface area contributed by atoms with Crippen LogP contribution in [0.5, 0.6) is 0 Å². The Morgan fingerprint density at radius 1 is 0.840 bits per heavy atom. The van der Waals surface area contributed by atoms with Gasteiger partial charge < -0.3 is 9.80 Å². The third kappa shape index (κ3) is 4.04. The van der Waals surface area contributed by atoms with E-state index in [9.17, 15) is 9.59 Å². The van der Waals surface area contributed by atoms with Crippen LogP contribution in [0, 0.1) is 6.92 Å². The molecule has 0 atom stereocenters. The van der Waals surface area contributed by atoms with Crippen LogP contribution in [-0.2, 0) is 0 Å². The number of hydrogen-bond acceptors (Lipinski definition) is 3. The summed E-state index contributed by atoms with van der Waals surface area (Å²) in [6.07, 6.45) is 0.776. The Balaban J connectivity index is 1.68. The molecule has 5 heteroatoms. The van der Waals surface area contributed by atoms with Crippen LogP contribution in [0.1, 0.15) is 32.7 Å². The van der Waals surface area contributed by atoms with E-state index in [1.807, 2.05) is 59.2 Å². The molecule has 2 aromatic carbocycles. The largest absolute Gasteiger partial charge is 0.337 e. The summed E-state index contributed by atoms with van der Waals surface area (Å²) < 4.78 is 0. The lowest BCUT2D eigenvalue weighted by Crippen LogP contribution is -2.37. The molecular formula is C20H22N2O2S. The molecule has 0 aromatic heterocycles. The molecule has 130 valence electrons. The lowest BCUT2D eigenvalue weighted by Gasteiger charge is -2.23. The second-order valence-electron chi connectivity index (χ2n) is 6.32. The molecule has 0 aliphatic carbocycles. The fourth-order valence-corrected chi connectivity index (χ4v) is 3.28. The number of hydrogen-bond donors (Lipinski definition) is 1. The fraction of sp³-hybridized carbons (Fsp3) is 0.300. The number of rotatable bonds is 2. The van der Waals surface area contributed by atoms with Gasteiger partial charge in [-0.25, -0.2) is 0 Å². The maximum absolute atomic E-state index is 12.7. The summed E-state index contributed by atoms with van der Waals surface area (Å²) in [6, 6.07) is 15.0. The summed E-state index contributed by atoms with van der Waals surface area (Å²) in [5, 5.41) is 0. The van der Waals surface area contributed by atoms with Gasteiger partial charge in [0.15, 0.2) is 0 Å². The number of nitrogens with zero attached hydrogens (tertiary/aromatic N) is 2. The Morgan fingerprint density at radius 2 is 1.44 bits per heavy atom. The zero-order valence-electron chi connectivity index (χ0n) is 14.3. The van der Waals surface area contributed by atoms with E-state index in [2.05, 4.69) is 12.6 Å². The molecule has 2 aromatic rings. The van der Waals surface area contributed by atoms with Gasteiger partial charge in [0.1, 0.15) is 0 Å². The Labute approximate surface area is 153 Å². The van der Waals surface area contributed by atoms with Crippen LogP contribution in [0.15, 0.2) is 53.4 Å². The zero-order valence-corrected chi connectivity index (χ0v) is 15.2. The SMILES string of the molecule is Cc1ccc(C(=O)N2CCCN(C(=O)c3ccccc3S)CC2)cc1. The van der Waals surface area contributed by atoms with Crippen molar-refractivity contribution < 1.29 is 9.59 Å². The topological polar surface area (TPSA) is 40.6 Å². The fourth-order valence-electron chi connectivity index (χ4n) is 3.03. The third-order valence-corrected chi connectivity index (χ3v) is 4.89. The van der Waals surface area contributed by atoms with Gasteiger partial charge in [-0.3, -0.25) is 9.59 Å².